The minimum atomic E-state index is 0.245. The van der Waals surface area contributed by atoms with Gasteiger partial charge in [0.2, 0.25) is 0 Å². The minimum absolute atomic E-state index is 0.245. The van der Waals surface area contributed by atoms with Crippen LogP contribution in [0.2, 0.25) is 0 Å². The van der Waals surface area contributed by atoms with E-state index in [9.17, 15) is 5.11 Å². The summed E-state index contributed by atoms with van der Waals surface area (Å²) in [4.78, 5) is 8.67. The molecular weight excluding hydrogens is 256 g/mol. The fraction of sp³-hybridized carbons (Fsp3) is 0.273. The van der Waals surface area contributed by atoms with Crippen LogP contribution in [0.15, 0.2) is 22.9 Å². The van der Waals surface area contributed by atoms with E-state index < -0.39 is 0 Å². The summed E-state index contributed by atoms with van der Waals surface area (Å²) in [6.07, 6.45) is 2.42. The fourth-order valence-electron chi connectivity index (χ4n) is 1.78. The van der Waals surface area contributed by atoms with Gasteiger partial charge in [-0.3, -0.25) is 0 Å². The summed E-state index contributed by atoms with van der Waals surface area (Å²) in [5, 5.41) is 10.4. The highest BCUT2D eigenvalue weighted by molar-refractivity contribution is 9.10. The molecule has 1 aromatic carbocycles. The van der Waals surface area contributed by atoms with Crippen LogP contribution in [0.5, 0.6) is 5.75 Å². The summed E-state index contributed by atoms with van der Waals surface area (Å²) in [5.74, 6) is 0.825. The van der Waals surface area contributed by atoms with Crippen molar-refractivity contribution in [3.05, 3.63) is 28.6 Å². The van der Waals surface area contributed by atoms with Gasteiger partial charge in [0.15, 0.2) is 4.73 Å². The Morgan fingerprint density at radius 3 is 2.80 bits per heavy atom. The number of nitrogens with zero attached hydrogens (tertiary/aromatic N) is 2. The molecule has 0 radical (unpaired) electrons. The summed E-state index contributed by atoms with van der Waals surface area (Å²) < 4.78 is 0.600. The van der Waals surface area contributed by atoms with Crippen LogP contribution in [0.1, 0.15) is 24.5 Å². The molecule has 0 amide bonds. The molecule has 1 aromatic heterocycles. The van der Waals surface area contributed by atoms with E-state index in [2.05, 4.69) is 25.9 Å². The number of phenolic OH excluding ortho intramolecular Hbond substituents is 1. The van der Waals surface area contributed by atoms with Crippen molar-refractivity contribution in [1.29, 1.82) is 0 Å². The summed E-state index contributed by atoms with van der Waals surface area (Å²) in [6, 6.07) is 5.25. The first-order chi connectivity index (χ1) is 7.24. The molecule has 15 heavy (non-hydrogen) atoms. The maximum absolute atomic E-state index is 9.39. The van der Waals surface area contributed by atoms with Crippen molar-refractivity contribution in [1.82, 2.24) is 9.97 Å². The average molecular weight is 265 g/mol. The second-order valence-corrected chi connectivity index (χ2v) is 4.56. The highest BCUT2D eigenvalue weighted by Crippen LogP contribution is 2.42. The Morgan fingerprint density at radius 1 is 1.27 bits per heavy atom. The molecule has 76 valence electrons. The first-order valence-corrected chi connectivity index (χ1v) is 5.69. The van der Waals surface area contributed by atoms with Crippen molar-refractivity contribution in [2.24, 2.45) is 0 Å². The maximum Gasteiger partial charge on any atom is 0.197 e. The number of hydrogen-bond acceptors (Lipinski definition) is 3. The zero-order chi connectivity index (χ0) is 10.4. The molecule has 1 aliphatic rings. The number of aromatic hydroxyl groups is 1. The van der Waals surface area contributed by atoms with Gasteiger partial charge in [-0.25, -0.2) is 9.97 Å². The van der Waals surface area contributed by atoms with E-state index in [1.54, 1.807) is 12.1 Å². The van der Waals surface area contributed by atoms with Crippen LogP contribution in [0.4, 0.5) is 0 Å². The molecule has 0 aliphatic heterocycles. The summed E-state index contributed by atoms with van der Waals surface area (Å²) >= 11 is 3.30. The number of aromatic nitrogens is 2. The smallest absolute Gasteiger partial charge is 0.197 e. The Hall–Kier alpha value is -1.16. The number of halogens is 1. The molecule has 1 heterocycles. The molecule has 2 aromatic rings. The van der Waals surface area contributed by atoms with Crippen molar-refractivity contribution >= 4 is 26.8 Å². The lowest BCUT2D eigenvalue weighted by Crippen LogP contribution is -1.93. The first kappa shape index (κ1) is 9.09. The van der Waals surface area contributed by atoms with Crippen molar-refractivity contribution in [3.63, 3.8) is 0 Å². The monoisotopic (exact) mass is 264 g/mol. The van der Waals surface area contributed by atoms with Gasteiger partial charge >= 0.3 is 0 Å². The minimum Gasteiger partial charge on any atom is -0.508 e. The van der Waals surface area contributed by atoms with Crippen LogP contribution < -0.4 is 0 Å². The fourth-order valence-corrected chi connectivity index (χ4v) is 2.16. The Balaban J connectivity index is 2.33. The van der Waals surface area contributed by atoms with Crippen LogP contribution in [-0.2, 0) is 0 Å². The van der Waals surface area contributed by atoms with E-state index in [-0.39, 0.29) is 5.75 Å². The summed E-state index contributed by atoms with van der Waals surface area (Å²) in [5.41, 5.74) is 1.91. The molecule has 1 aliphatic carbocycles. The van der Waals surface area contributed by atoms with Gasteiger partial charge in [0.25, 0.3) is 0 Å². The van der Waals surface area contributed by atoms with Crippen LogP contribution in [0.25, 0.3) is 10.9 Å². The second-order valence-electron chi connectivity index (χ2n) is 3.85. The quantitative estimate of drug-likeness (QED) is 0.806. The van der Waals surface area contributed by atoms with Crippen LogP contribution in [-0.4, -0.2) is 15.1 Å². The molecule has 1 N–H and O–H groups in total. The standard InChI is InChI=1S/C11H9BrN2O/c12-11-13-9-5-7(15)3-4-8(9)10(14-11)6-1-2-6/h3-6,15H,1-2H2. The van der Waals surface area contributed by atoms with E-state index in [4.69, 9.17) is 0 Å². The number of phenols is 1. The summed E-state index contributed by atoms with van der Waals surface area (Å²) in [6.45, 7) is 0. The van der Waals surface area contributed by atoms with Gasteiger partial charge in [-0.15, -0.1) is 0 Å². The normalized spacial score (nSPS) is 15.8. The van der Waals surface area contributed by atoms with Gasteiger partial charge in [0, 0.05) is 17.4 Å². The largest absolute Gasteiger partial charge is 0.508 e. The highest BCUT2D eigenvalue weighted by Gasteiger charge is 2.27. The zero-order valence-electron chi connectivity index (χ0n) is 7.94. The van der Waals surface area contributed by atoms with Gasteiger partial charge in [0.1, 0.15) is 5.75 Å². The maximum atomic E-state index is 9.39. The average Bonchev–Trinajstić information content (AvgIpc) is 2.98. The van der Waals surface area contributed by atoms with Crippen molar-refractivity contribution in [3.8, 4) is 5.75 Å². The number of benzene rings is 1. The molecule has 0 saturated heterocycles. The first-order valence-electron chi connectivity index (χ1n) is 4.90. The van der Waals surface area contributed by atoms with Gasteiger partial charge in [-0.05, 0) is 40.9 Å². The molecule has 3 nitrogen and oxygen atoms in total. The van der Waals surface area contributed by atoms with Crippen LogP contribution in [0.3, 0.4) is 0 Å². The van der Waals surface area contributed by atoms with Gasteiger partial charge in [-0.1, -0.05) is 0 Å². The third kappa shape index (κ3) is 1.59. The predicted molar refractivity (Wildman–Crippen MR) is 60.9 cm³/mol. The topological polar surface area (TPSA) is 46.0 Å². The highest BCUT2D eigenvalue weighted by atomic mass is 79.9. The second kappa shape index (κ2) is 3.17. The summed E-state index contributed by atoms with van der Waals surface area (Å²) in [7, 11) is 0. The Labute approximate surface area is 95.3 Å². The van der Waals surface area contributed by atoms with E-state index in [1.807, 2.05) is 6.07 Å². The predicted octanol–water partition coefficient (Wildman–Crippen LogP) is 2.98. The number of fused-ring (bicyclic) bond motifs is 1. The van der Waals surface area contributed by atoms with Gasteiger partial charge in [0.05, 0.1) is 11.2 Å². The van der Waals surface area contributed by atoms with Crippen molar-refractivity contribution in [2.75, 3.05) is 0 Å². The molecule has 3 rings (SSSR count). The zero-order valence-corrected chi connectivity index (χ0v) is 9.53. The molecule has 0 unspecified atom stereocenters. The molecule has 0 spiro atoms. The molecule has 0 atom stereocenters. The van der Waals surface area contributed by atoms with Crippen LogP contribution >= 0.6 is 15.9 Å². The molecule has 1 saturated carbocycles. The number of hydrogen-bond donors (Lipinski definition) is 1. The van der Waals surface area contributed by atoms with Gasteiger partial charge in [-0.2, -0.15) is 0 Å². The SMILES string of the molecule is Oc1ccc2c(C3CC3)nc(Br)nc2c1. The molecule has 4 heteroatoms. The molecular formula is C11H9BrN2O. The number of rotatable bonds is 1. The Morgan fingerprint density at radius 2 is 2.07 bits per heavy atom. The molecule has 1 fully saturated rings. The van der Waals surface area contributed by atoms with Crippen molar-refractivity contribution < 1.29 is 5.11 Å². The van der Waals surface area contributed by atoms with E-state index in [0.717, 1.165) is 16.6 Å². The van der Waals surface area contributed by atoms with E-state index in [1.165, 1.54) is 12.8 Å². The van der Waals surface area contributed by atoms with Gasteiger partial charge < -0.3 is 5.11 Å². The molecule has 0 bridgehead atoms. The van der Waals surface area contributed by atoms with E-state index >= 15 is 0 Å². The van der Waals surface area contributed by atoms with Crippen LogP contribution in [0, 0.1) is 0 Å². The third-order valence-corrected chi connectivity index (χ3v) is 3.00. The van der Waals surface area contributed by atoms with Crippen molar-refractivity contribution in [2.45, 2.75) is 18.8 Å². The lowest BCUT2D eigenvalue weighted by molar-refractivity contribution is 0.476. The lowest BCUT2D eigenvalue weighted by Gasteiger charge is -2.04. The third-order valence-electron chi connectivity index (χ3n) is 2.65. The van der Waals surface area contributed by atoms with E-state index in [0.29, 0.717) is 10.7 Å². The Kier molecular flexibility index (Phi) is 1.92. The Bertz CT molecular complexity index is 532. The lowest BCUT2D eigenvalue weighted by atomic mass is 10.1.